The van der Waals surface area contributed by atoms with E-state index in [0.29, 0.717) is 9.26 Å². The van der Waals surface area contributed by atoms with Crippen LogP contribution in [0.1, 0.15) is 23.2 Å². The van der Waals surface area contributed by atoms with E-state index in [1.807, 2.05) is 22.6 Å². The van der Waals surface area contributed by atoms with Gasteiger partial charge in [-0.15, -0.1) is 0 Å². The van der Waals surface area contributed by atoms with Gasteiger partial charge < -0.3 is 5.11 Å². The maximum Gasteiger partial charge on any atom is 0.265 e. The molecule has 0 atom stereocenters. The Labute approximate surface area is 88.1 Å². The molecule has 1 aromatic rings. The van der Waals surface area contributed by atoms with Gasteiger partial charge in [0.2, 0.25) is 0 Å². The third-order valence-electron chi connectivity index (χ3n) is 1.68. The van der Waals surface area contributed by atoms with E-state index < -0.39 is 13.0 Å². The van der Waals surface area contributed by atoms with Crippen LogP contribution in [-0.4, -0.2) is 10.1 Å². The van der Waals surface area contributed by atoms with Gasteiger partial charge in [0.1, 0.15) is 3.70 Å². The number of aliphatic hydroxyl groups excluding tert-OH is 1. The lowest BCUT2D eigenvalue weighted by atomic mass is 10.1. The molecule has 1 aromatic heterocycles. The Balaban J connectivity index is 3.30. The molecule has 0 aliphatic heterocycles. The Morgan fingerprint density at radius 3 is 2.69 bits per heavy atom. The summed E-state index contributed by atoms with van der Waals surface area (Å²) >= 11 is 1.93. The molecule has 1 heterocycles. The molecular weight excluding hydrogens is 291 g/mol. The van der Waals surface area contributed by atoms with Crippen molar-refractivity contribution in [2.75, 3.05) is 0 Å². The lowest BCUT2D eigenvalue weighted by molar-refractivity contribution is 0.145. The summed E-state index contributed by atoms with van der Waals surface area (Å²) in [7, 11) is 0. The van der Waals surface area contributed by atoms with Gasteiger partial charge in [-0.2, -0.15) is 0 Å². The molecule has 0 bridgehead atoms. The van der Waals surface area contributed by atoms with Crippen LogP contribution in [0, 0.1) is 10.6 Å². The van der Waals surface area contributed by atoms with Crippen LogP contribution in [0.4, 0.5) is 8.78 Å². The maximum atomic E-state index is 12.5. The van der Waals surface area contributed by atoms with Crippen molar-refractivity contribution in [3.63, 3.8) is 0 Å². The summed E-state index contributed by atoms with van der Waals surface area (Å²) in [6.45, 7) is 1.14. The van der Waals surface area contributed by atoms with Gasteiger partial charge in [-0.3, -0.25) is 0 Å². The summed E-state index contributed by atoms with van der Waals surface area (Å²) in [5.74, 6) is 0. The van der Waals surface area contributed by atoms with E-state index in [1.165, 1.54) is 0 Å². The van der Waals surface area contributed by atoms with Crippen LogP contribution in [0.15, 0.2) is 6.07 Å². The van der Waals surface area contributed by atoms with E-state index in [0.717, 1.165) is 0 Å². The minimum atomic E-state index is -2.58. The maximum absolute atomic E-state index is 12.5. The second kappa shape index (κ2) is 4.28. The van der Waals surface area contributed by atoms with Crippen molar-refractivity contribution in [3.8, 4) is 0 Å². The number of alkyl halides is 2. The van der Waals surface area contributed by atoms with Gasteiger partial charge in [-0.25, -0.2) is 13.8 Å². The highest BCUT2D eigenvalue weighted by Gasteiger charge is 2.17. The number of rotatable bonds is 2. The molecule has 0 radical (unpaired) electrons. The number of nitrogens with zero attached hydrogens (tertiary/aromatic N) is 1. The van der Waals surface area contributed by atoms with Gasteiger partial charge in [0, 0.05) is 5.56 Å². The molecule has 0 fully saturated rings. The van der Waals surface area contributed by atoms with Crippen molar-refractivity contribution in [3.05, 3.63) is 26.6 Å². The number of aryl methyl sites for hydroxylation is 1. The molecule has 0 amide bonds. The van der Waals surface area contributed by atoms with Crippen molar-refractivity contribution in [2.45, 2.75) is 20.0 Å². The lowest BCUT2D eigenvalue weighted by Crippen LogP contribution is -2.03. The summed E-state index contributed by atoms with van der Waals surface area (Å²) < 4.78 is 25.5. The summed E-state index contributed by atoms with van der Waals surface area (Å²) in [5, 5.41) is 8.82. The molecular formula is C8H8F2INO. The summed E-state index contributed by atoms with van der Waals surface area (Å²) in [4.78, 5) is 3.83. The molecule has 5 heteroatoms. The monoisotopic (exact) mass is 299 g/mol. The van der Waals surface area contributed by atoms with Crippen molar-refractivity contribution in [2.24, 2.45) is 0 Å². The van der Waals surface area contributed by atoms with Crippen molar-refractivity contribution in [1.29, 1.82) is 0 Å². The van der Waals surface area contributed by atoms with Crippen LogP contribution in [0.25, 0.3) is 0 Å². The zero-order valence-corrected chi connectivity index (χ0v) is 9.05. The summed E-state index contributed by atoms with van der Waals surface area (Å²) in [6, 6.07) is 1.57. The molecule has 13 heavy (non-hydrogen) atoms. The fourth-order valence-electron chi connectivity index (χ4n) is 1.12. The van der Waals surface area contributed by atoms with Crippen molar-refractivity contribution in [1.82, 2.24) is 4.98 Å². The Kier molecular flexibility index (Phi) is 3.55. The first-order valence-corrected chi connectivity index (χ1v) is 4.69. The molecule has 0 aliphatic carbocycles. The van der Waals surface area contributed by atoms with E-state index in [-0.39, 0.29) is 11.3 Å². The van der Waals surface area contributed by atoms with Gasteiger partial charge in [0.25, 0.3) is 6.43 Å². The van der Waals surface area contributed by atoms with Gasteiger partial charge in [-0.1, -0.05) is 0 Å². The first-order chi connectivity index (χ1) is 6.06. The predicted octanol–water partition coefficient (Wildman–Crippen LogP) is 2.42. The number of halogens is 3. The number of pyridine rings is 1. The van der Waals surface area contributed by atoms with Gasteiger partial charge >= 0.3 is 0 Å². The number of hydrogen-bond acceptors (Lipinski definition) is 2. The number of aliphatic hydroxyl groups is 1. The molecule has 0 saturated carbocycles. The number of aromatic nitrogens is 1. The molecule has 1 rings (SSSR count). The predicted molar refractivity (Wildman–Crippen MR) is 52.6 cm³/mol. The quantitative estimate of drug-likeness (QED) is 0.672. The fourth-order valence-corrected chi connectivity index (χ4v) is 1.88. The third kappa shape index (κ3) is 2.34. The van der Waals surface area contributed by atoms with Crippen LogP contribution in [0.2, 0.25) is 0 Å². The minimum Gasteiger partial charge on any atom is -0.390 e. The summed E-state index contributed by atoms with van der Waals surface area (Å²) in [5.41, 5.74) is 0.390. The second-order valence-corrected chi connectivity index (χ2v) is 3.69. The van der Waals surface area contributed by atoms with Crippen molar-refractivity contribution >= 4 is 22.6 Å². The Bertz CT molecular complexity index is 317. The summed E-state index contributed by atoms with van der Waals surface area (Å²) in [6.07, 6.45) is -2.58. The van der Waals surface area contributed by atoms with Gasteiger partial charge in [0.15, 0.2) is 0 Å². The Morgan fingerprint density at radius 1 is 1.62 bits per heavy atom. The smallest absolute Gasteiger partial charge is 0.265 e. The average Bonchev–Trinajstić information content (AvgIpc) is 2.01. The van der Waals surface area contributed by atoms with E-state index in [9.17, 15) is 8.78 Å². The zero-order chi connectivity index (χ0) is 10.0. The molecule has 2 nitrogen and oxygen atoms in total. The first-order valence-electron chi connectivity index (χ1n) is 3.61. The normalized spacial score (nSPS) is 10.9. The highest BCUT2D eigenvalue weighted by Crippen LogP contribution is 2.26. The molecule has 0 unspecified atom stereocenters. The molecule has 0 saturated heterocycles. The highest BCUT2D eigenvalue weighted by molar-refractivity contribution is 14.1. The van der Waals surface area contributed by atoms with Crippen LogP contribution in [0.5, 0.6) is 0 Å². The molecule has 72 valence electrons. The molecule has 0 aromatic carbocycles. The first kappa shape index (κ1) is 10.8. The van der Waals surface area contributed by atoms with Crippen molar-refractivity contribution < 1.29 is 13.9 Å². The van der Waals surface area contributed by atoms with Crippen LogP contribution >= 0.6 is 22.6 Å². The van der Waals surface area contributed by atoms with Gasteiger partial charge in [-0.05, 0) is 41.1 Å². The van der Waals surface area contributed by atoms with E-state index >= 15 is 0 Å². The van der Waals surface area contributed by atoms with E-state index in [1.54, 1.807) is 13.0 Å². The zero-order valence-electron chi connectivity index (χ0n) is 6.89. The van der Waals surface area contributed by atoms with E-state index in [2.05, 4.69) is 4.98 Å². The van der Waals surface area contributed by atoms with Crippen LogP contribution < -0.4 is 0 Å². The topological polar surface area (TPSA) is 33.1 Å². The fraction of sp³-hybridized carbons (Fsp3) is 0.375. The average molecular weight is 299 g/mol. The second-order valence-electron chi connectivity index (χ2n) is 2.58. The van der Waals surface area contributed by atoms with Crippen LogP contribution in [-0.2, 0) is 6.61 Å². The lowest BCUT2D eigenvalue weighted by Gasteiger charge is -2.09. The minimum absolute atomic E-state index is 0.0689. The largest absolute Gasteiger partial charge is 0.390 e. The molecule has 1 N–H and O–H groups in total. The van der Waals surface area contributed by atoms with E-state index in [4.69, 9.17) is 5.11 Å². The standard InChI is InChI=1S/C8H8F2INO/c1-4-2-6(11)12-5(3-13)7(4)8(9)10/h2,8,13H,3H2,1H3. The third-order valence-corrected chi connectivity index (χ3v) is 2.23. The molecule has 0 aliphatic rings. The highest BCUT2D eigenvalue weighted by atomic mass is 127. The SMILES string of the molecule is Cc1cc(I)nc(CO)c1C(F)F. The molecule has 0 spiro atoms. The Hall–Kier alpha value is -0.300. The van der Waals surface area contributed by atoms with Crippen LogP contribution in [0.3, 0.4) is 0 Å². The number of hydrogen-bond donors (Lipinski definition) is 1. The Morgan fingerprint density at radius 2 is 2.23 bits per heavy atom. The van der Waals surface area contributed by atoms with Gasteiger partial charge in [0.05, 0.1) is 12.3 Å².